The largest absolute Gasteiger partial charge is 0.378 e. The second kappa shape index (κ2) is 5.82. The predicted molar refractivity (Wildman–Crippen MR) is 64.8 cm³/mol. The zero-order valence-electron chi connectivity index (χ0n) is 10.2. The molecule has 94 valence electrons. The first kappa shape index (κ1) is 12.1. The Morgan fingerprint density at radius 3 is 3.18 bits per heavy atom. The van der Waals surface area contributed by atoms with Crippen LogP contribution in [-0.2, 0) is 9.53 Å². The van der Waals surface area contributed by atoms with Crippen LogP contribution in [0.25, 0.3) is 0 Å². The highest BCUT2D eigenvalue weighted by Crippen LogP contribution is 2.17. The van der Waals surface area contributed by atoms with Gasteiger partial charge < -0.3 is 10.1 Å². The summed E-state index contributed by atoms with van der Waals surface area (Å²) in [6.07, 6.45) is 5.00. The Balaban J connectivity index is 1.70. The van der Waals surface area contributed by atoms with Crippen molar-refractivity contribution in [2.75, 3.05) is 11.9 Å². The molecule has 0 aliphatic carbocycles. The number of hydrogen-bond donors (Lipinski definition) is 2. The van der Waals surface area contributed by atoms with E-state index in [1.807, 2.05) is 13.0 Å². The van der Waals surface area contributed by atoms with Crippen molar-refractivity contribution in [2.45, 2.75) is 45.1 Å². The van der Waals surface area contributed by atoms with E-state index in [4.69, 9.17) is 4.74 Å². The Hall–Kier alpha value is -1.36. The average molecular weight is 237 g/mol. The topological polar surface area (TPSA) is 67.0 Å². The number of carbonyl (C=O) groups is 1. The highest BCUT2D eigenvalue weighted by molar-refractivity contribution is 5.89. The number of ether oxygens (including phenoxy) is 1. The molecule has 1 saturated heterocycles. The van der Waals surface area contributed by atoms with E-state index in [9.17, 15) is 4.79 Å². The van der Waals surface area contributed by atoms with Crippen LogP contribution in [0.3, 0.4) is 0 Å². The SMILES string of the molecule is Cc1cc(NC(=O)CCC2CCCCO2)n[nH]1. The Bertz CT molecular complexity index is 370. The van der Waals surface area contributed by atoms with E-state index in [-0.39, 0.29) is 12.0 Å². The van der Waals surface area contributed by atoms with Crippen LogP contribution in [0.4, 0.5) is 5.82 Å². The molecule has 1 aliphatic heterocycles. The van der Waals surface area contributed by atoms with Crippen molar-refractivity contribution in [1.29, 1.82) is 0 Å². The number of carbonyl (C=O) groups excluding carboxylic acids is 1. The van der Waals surface area contributed by atoms with Crippen LogP contribution >= 0.6 is 0 Å². The highest BCUT2D eigenvalue weighted by Gasteiger charge is 2.15. The van der Waals surface area contributed by atoms with Gasteiger partial charge in [-0.3, -0.25) is 9.89 Å². The van der Waals surface area contributed by atoms with Crippen molar-refractivity contribution in [1.82, 2.24) is 10.2 Å². The number of nitrogens with zero attached hydrogens (tertiary/aromatic N) is 1. The summed E-state index contributed by atoms with van der Waals surface area (Å²) in [7, 11) is 0. The van der Waals surface area contributed by atoms with Crippen molar-refractivity contribution in [2.24, 2.45) is 0 Å². The third-order valence-corrected chi connectivity index (χ3v) is 2.94. The Kier molecular flexibility index (Phi) is 4.14. The molecule has 1 aromatic heterocycles. The van der Waals surface area contributed by atoms with Gasteiger partial charge in [-0.05, 0) is 32.6 Å². The molecule has 2 N–H and O–H groups in total. The van der Waals surface area contributed by atoms with Gasteiger partial charge in [0, 0.05) is 24.8 Å². The van der Waals surface area contributed by atoms with Crippen LogP contribution in [0.2, 0.25) is 0 Å². The molecule has 0 saturated carbocycles. The van der Waals surface area contributed by atoms with Crippen LogP contribution < -0.4 is 5.32 Å². The third kappa shape index (κ3) is 3.85. The summed E-state index contributed by atoms with van der Waals surface area (Å²) in [6.45, 7) is 2.74. The summed E-state index contributed by atoms with van der Waals surface area (Å²) in [4.78, 5) is 11.6. The molecular weight excluding hydrogens is 218 g/mol. The molecule has 5 heteroatoms. The van der Waals surface area contributed by atoms with Crippen molar-refractivity contribution in [3.8, 4) is 0 Å². The molecule has 2 heterocycles. The quantitative estimate of drug-likeness (QED) is 0.841. The number of anilines is 1. The number of hydrogen-bond acceptors (Lipinski definition) is 3. The second-order valence-corrected chi connectivity index (χ2v) is 4.51. The fourth-order valence-corrected chi connectivity index (χ4v) is 2.01. The number of H-pyrrole nitrogens is 1. The number of amides is 1. The van der Waals surface area contributed by atoms with Gasteiger partial charge in [0.15, 0.2) is 5.82 Å². The van der Waals surface area contributed by atoms with Crippen molar-refractivity contribution < 1.29 is 9.53 Å². The first-order valence-electron chi connectivity index (χ1n) is 6.17. The fourth-order valence-electron chi connectivity index (χ4n) is 2.01. The molecule has 1 aromatic rings. The number of aromatic nitrogens is 2. The summed E-state index contributed by atoms with van der Waals surface area (Å²) in [5.41, 5.74) is 0.941. The summed E-state index contributed by atoms with van der Waals surface area (Å²) in [6, 6.07) is 1.81. The number of aromatic amines is 1. The summed E-state index contributed by atoms with van der Waals surface area (Å²) >= 11 is 0. The number of rotatable bonds is 4. The van der Waals surface area contributed by atoms with Crippen LogP contribution in [0, 0.1) is 6.92 Å². The first-order valence-corrected chi connectivity index (χ1v) is 6.17. The van der Waals surface area contributed by atoms with Gasteiger partial charge in [-0.2, -0.15) is 5.10 Å². The van der Waals surface area contributed by atoms with Crippen LogP contribution in [0.5, 0.6) is 0 Å². The van der Waals surface area contributed by atoms with E-state index < -0.39 is 0 Å². The van der Waals surface area contributed by atoms with E-state index in [2.05, 4.69) is 15.5 Å². The lowest BCUT2D eigenvalue weighted by molar-refractivity contribution is -0.117. The van der Waals surface area contributed by atoms with E-state index >= 15 is 0 Å². The van der Waals surface area contributed by atoms with Crippen LogP contribution in [0.15, 0.2) is 6.07 Å². The van der Waals surface area contributed by atoms with E-state index in [0.29, 0.717) is 12.2 Å². The summed E-state index contributed by atoms with van der Waals surface area (Å²) in [5, 5.41) is 9.52. The third-order valence-electron chi connectivity index (χ3n) is 2.94. The van der Waals surface area contributed by atoms with Gasteiger partial charge in [0.1, 0.15) is 0 Å². The first-order chi connectivity index (χ1) is 8.24. The summed E-state index contributed by atoms with van der Waals surface area (Å²) < 4.78 is 5.58. The Morgan fingerprint density at radius 1 is 1.65 bits per heavy atom. The lowest BCUT2D eigenvalue weighted by atomic mass is 10.0. The maximum absolute atomic E-state index is 11.6. The van der Waals surface area contributed by atoms with Crippen molar-refractivity contribution in [3.05, 3.63) is 11.8 Å². The molecular formula is C12H19N3O2. The maximum Gasteiger partial charge on any atom is 0.225 e. The molecule has 1 unspecified atom stereocenters. The van der Waals surface area contributed by atoms with E-state index in [1.54, 1.807) is 0 Å². The normalized spacial score (nSPS) is 20.2. The maximum atomic E-state index is 11.6. The van der Waals surface area contributed by atoms with Crippen molar-refractivity contribution >= 4 is 11.7 Å². The van der Waals surface area contributed by atoms with Crippen LogP contribution in [-0.4, -0.2) is 28.8 Å². The zero-order valence-corrected chi connectivity index (χ0v) is 10.2. The minimum absolute atomic E-state index is 0.00525. The smallest absolute Gasteiger partial charge is 0.225 e. The molecule has 1 fully saturated rings. The molecule has 2 rings (SSSR count). The number of nitrogens with one attached hydrogen (secondary N) is 2. The van der Waals surface area contributed by atoms with Gasteiger partial charge in [0.25, 0.3) is 0 Å². The van der Waals surface area contributed by atoms with Gasteiger partial charge in [0.2, 0.25) is 5.91 Å². The molecule has 1 amide bonds. The number of aryl methyl sites for hydroxylation is 1. The molecule has 0 bridgehead atoms. The minimum Gasteiger partial charge on any atom is -0.378 e. The van der Waals surface area contributed by atoms with Gasteiger partial charge in [-0.1, -0.05) is 0 Å². The Morgan fingerprint density at radius 2 is 2.53 bits per heavy atom. The zero-order chi connectivity index (χ0) is 12.1. The molecule has 1 aliphatic rings. The molecule has 0 spiro atoms. The monoisotopic (exact) mass is 237 g/mol. The minimum atomic E-state index is 0.00525. The summed E-state index contributed by atoms with van der Waals surface area (Å²) in [5.74, 6) is 0.600. The fraction of sp³-hybridized carbons (Fsp3) is 0.667. The molecule has 5 nitrogen and oxygen atoms in total. The molecule has 17 heavy (non-hydrogen) atoms. The second-order valence-electron chi connectivity index (χ2n) is 4.51. The lowest BCUT2D eigenvalue weighted by Gasteiger charge is -2.21. The van der Waals surface area contributed by atoms with Crippen molar-refractivity contribution in [3.63, 3.8) is 0 Å². The lowest BCUT2D eigenvalue weighted by Crippen LogP contribution is -2.21. The highest BCUT2D eigenvalue weighted by atomic mass is 16.5. The van der Waals surface area contributed by atoms with Crippen LogP contribution in [0.1, 0.15) is 37.8 Å². The van der Waals surface area contributed by atoms with Gasteiger partial charge in [-0.15, -0.1) is 0 Å². The Labute approximate surface area is 101 Å². The van der Waals surface area contributed by atoms with Gasteiger partial charge >= 0.3 is 0 Å². The van der Waals surface area contributed by atoms with Gasteiger partial charge in [-0.25, -0.2) is 0 Å². The van der Waals surface area contributed by atoms with Gasteiger partial charge in [0.05, 0.1) is 6.10 Å². The van der Waals surface area contributed by atoms with E-state index in [1.165, 1.54) is 6.42 Å². The molecule has 0 radical (unpaired) electrons. The predicted octanol–water partition coefficient (Wildman–Crippen LogP) is 2.01. The van der Waals surface area contributed by atoms with E-state index in [0.717, 1.165) is 31.6 Å². The molecule has 0 aromatic carbocycles. The standard InChI is InChI=1S/C12H19N3O2/c1-9-8-11(15-14-9)13-12(16)6-5-10-4-2-3-7-17-10/h8,10H,2-7H2,1H3,(H2,13,14,15,16). The average Bonchev–Trinajstić information content (AvgIpc) is 2.73. The molecule has 1 atom stereocenters.